The first kappa shape index (κ1) is 18.7. The van der Waals surface area contributed by atoms with E-state index in [0.29, 0.717) is 25.3 Å². The van der Waals surface area contributed by atoms with Crippen molar-refractivity contribution in [2.75, 3.05) is 6.54 Å². The Hall–Kier alpha value is -1.63. The molecule has 0 aromatic heterocycles. The Labute approximate surface area is 143 Å². The second-order valence-corrected chi connectivity index (χ2v) is 7.92. The lowest BCUT2D eigenvalue weighted by Gasteiger charge is -2.33. The molecule has 1 heterocycles. The molecule has 2 atom stereocenters. The van der Waals surface area contributed by atoms with Crippen LogP contribution < -0.4 is 16.4 Å². The average molecular weight is 338 g/mol. The zero-order chi connectivity index (χ0) is 18.1. The van der Waals surface area contributed by atoms with Gasteiger partial charge < -0.3 is 16.4 Å². The van der Waals surface area contributed by atoms with Gasteiger partial charge in [-0.25, -0.2) is 9.69 Å². The van der Waals surface area contributed by atoms with Crippen LogP contribution in [0.1, 0.15) is 59.8 Å². The third kappa shape index (κ3) is 3.41. The fourth-order valence-corrected chi connectivity index (χ4v) is 3.92. The van der Waals surface area contributed by atoms with Gasteiger partial charge in [0, 0.05) is 12.1 Å². The van der Waals surface area contributed by atoms with E-state index in [2.05, 4.69) is 24.5 Å². The molecule has 7 heteroatoms. The van der Waals surface area contributed by atoms with E-state index in [9.17, 15) is 14.4 Å². The van der Waals surface area contributed by atoms with Gasteiger partial charge in [0.1, 0.15) is 11.6 Å². The lowest BCUT2D eigenvalue weighted by molar-refractivity contribution is -0.138. The molecule has 2 aliphatic rings. The molecule has 2 unspecified atom stereocenters. The molecule has 1 aliphatic carbocycles. The number of imide groups is 1. The molecule has 4 N–H and O–H groups in total. The summed E-state index contributed by atoms with van der Waals surface area (Å²) in [6.45, 7) is 7.90. The van der Waals surface area contributed by atoms with Gasteiger partial charge in [-0.3, -0.25) is 9.59 Å². The number of nitrogens with zero attached hydrogens (tertiary/aromatic N) is 1. The summed E-state index contributed by atoms with van der Waals surface area (Å²) in [6.07, 6.45) is 3.86. The highest BCUT2D eigenvalue weighted by molar-refractivity contribution is 6.10. The number of amides is 4. The van der Waals surface area contributed by atoms with E-state index in [0.717, 1.165) is 24.2 Å². The van der Waals surface area contributed by atoms with Crippen LogP contribution >= 0.6 is 0 Å². The van der Waals surface area contributed by atoms with Gasteiger partial charge >= 0.3 is 6.03 Å². The Morgan fingerprint density at radius 3 is 2.42 bits per heavy atom. The molecule has 7 nitrogen and oxygen atoms in total. The van der Waals surface area contributed by atoms with Crippen molar-refractivity contribution in [3.63, 3.8) is 0 Å². The normalized spacial score (nSPS) is 23.5. The van der Waals surface area contributed by atoms with Crippen LogP contribution in [-0.2, 0) is 9.59 Å². The zero-order valence-electron chi connectivity index (χ0n) is 15.1. The van der Waals surface area contributed by atoms with E-state index < -0.39 is 23.2 Å². The van der Waals surface area contributed by atoms with Crippen LogP contribution in [0.5, 0.6) is 0 Å². The van der Waals surface area contributed by atoms with Gasteiger partial charge in [-0.2, -0.15) is 0 Å². The molecule has 0 aromatic rings. The van der Waals surface area contributed by atoms with Crippen LogP contribution in [0.2, 0.25) is 0 Å². The lowest BCUT2D eigenvalue weighted by Crippen LogP contribution is -2.58. The van der Waals surface area contributed by atoms with Gasteiger partial charge in [0.05, 0.1) is 0 Å². The predicted octanol–water partition coefficient (Wildman–Crippen LogP) is 1.12. The van der Waals surface area contributed by atoms with Crippen molar-refractivity contribution in [2.24, 2.45) is 11.7 Å². The van der Waals surface area contributed by atoms with Gasteiger partial charge in [0.2, 0.25) is 5.91 Å². The molecule has 136 valence electrons. The maximum atomic E-state index is 12.7. The highest BCUT2D eigenvalue weighted by Gasteiger charge is 2.54. The fourth-order valence-electron chi connectivity index (χ4n) is 3.92. The number of rotatable bonds is 6. The molecule has 1 spiro atoms. The maximum Gasteiger partial charge on any atom is 0.325 e. The van der Waals surface area contributed by atoms with Crippen LogP contribution in [0.25, 0.3) is 0 Å². The number of nitrogens with one attached hydrogen (secondary N) is 2. The summed E-state index contributed by atoms with van der Waals surface area (Å²) in [5, 5.41) is 5.74. The molecule has 1 aliphatic heterocycles. The van der Waals surface area contributed by atoms with E-state index in [1.54, 1.807) is 6.92 Å². The summed E-state index contributed by atoms with van der Waals surface area (Å²) < 4.78 is 0. The molecule has 4 amide bonds. The summed E-state index contributed by atoms with van der Waals surface area (Å²) in [7, 11) is 0. The molecule has 24 heavy (non-hydrogen) atoms. The van der Waals surface area contributed by atoms with Crippen molar-refractivity contribution in [2.45, 2.75) is 76.9 Å². The molecule has 1 saturated heterocycles. The molecule has 0 bridgehead atoms. The van der Waals surface area contributed by atoms with Crippen LogP contribution in [0.15, 0.2) is 0 Å². The number of carbonyl (C=O) groups excluding carboxylic acids is 3. The minimum absolute atomic E-state index is 0.272. The summed E-state index contributed by atoms with van der Waals surface area (Å²) >= 11 is 0. The summed E-state index contributed by atoms with van der Waals surface area (Å²) in [6, 6.07) is -1.32. The average Bonchev–Trinajstić information content (AvgIpc) is 3.04. The second-order valence-electron chi connectivity index (χ2n) is 7.92. The van der Waals surface area contributed by atoms with Crippen molar-refractivity contribution >= 4 is 17.8 Å². The number of hydrogen-bond acceptors (Lipinski definition) is 4. The Morgan fingerprint density at radius 2 is 1.92 bits per heavy atom. The van der Waals surface area contributed by atoms with Crippen molar-refractivity contribution < 1.29 is 14.4 Å². The van der Waals surface area contributed by atoms with Crippen LogP contribution in [0.3, 0.4) is 0 Å². The first-order valence-corrected chi connectivity index (χ1v) is 8.82. The Balaban J connectivity index is 2.10. The first-order valence-electron chi connectivity index (χ1n) is 8.82. The van der Waals surface area contributed by atoms with Crippen LogP contribution in [0, 0.1) is 5.92 Å². The Morgan fingerprint density at radius 1 is 1.33 bits per heavy atom. The second kappa shape index (κ2) is 6.70. The highest BCUT2D eigenvalue weighted by Crippen LogP contribution is 2.35. The molecule has 1 saturated carbocycles. The van der Waals surface area contributed by atoms with E-state index >= 15 is 0 Å². The largest absolute Gasteiger partial charge is 0.348 e. The number of urea groups is 1. The Bertz CT molecular complexity index is 528. The van der Waals surface area contributed by atoms with Gasteiger partial charge in [-0.05, 0) is 39.0 Å². The standard InChI is InChI=1S/C17H30N4O3/c1-11(2)9-16(4,10-18)19-13(22)12(3)21-14(23)17(20-15(21)24)7-5-6-8-17/h11-12H,5-10,18H2,1-4H3,(H,19,22)(H,20,24). The van der Waals surface area contributed by atoms with Crippen LogP contribution in [-0.4, -0.2) is 46.4 Å². The molecule has 0 aromatic carbocycles. The van der Waals surface area contributed by atoms with Gasteiger partial charge in [-0.1, -0.05) is 26.7 Å². The SMILES string of the molecule is CC(C)CC(C)(CN)NC(=O)C(C)N1C(=O)NC2(CCCC2)C1=O. The molecule has 2 rings (SSSR count). The summed E-state index contributed by atoms with van der Waals surface area (Å²) in [5.41, 5.74) is 4.49. The molecular formula is C17H30N4O3. The predicted molar refractivity (Wildman–Crippen MR) is 91.1 cm³/mol. The molecule has 0 radical (unpaired) electrons. The monoisotopic (exact) mass is 338 g/mol. The quantitative estimate of drug-likeness (QED) is 0.631. The van der Waals surface area contributed by atoms with Crippen molar-refractivity contribution in [1.29, 1.82) is 0 Å². The van der Waals surface area contributed by atoms with E-state index in [1.807, 2.05) is 6.92 Å². The van der Waals surface area contributed by atoms with Gasteiger partial charge in [0.15, 0.2) is 0 Å². The lowest BCUT2D eigenvalue weighted by atomic mass is 9.90. The van der Waals surface area contributed by atoms with Crippen molar-refractivity contribution in [1.82, 2.24) is 15.5 Å². The summed E-state index contributed by atoms with van der Waals surface area (Å²) in [4.78, 5) is 38.7. The van der Waals surface area contributed by atoms with E-state index in [4.69, 9.17) is 5.73 Å². The van der Waals surface area contributed by atoms with Crippen LogP contribution in [0.4, 0.5) is 4.79 Å². The minimum Gasteiger partial charge on any atom is -0.348 e. The number of carbonyl (C=O) groups is 3. The van der Waals surface area contributed by atoms with E-state index in [-0.39, 0.29) is 11.8 Å². The number of hydrogen-bond donors (Lipinski definition) is 3. The molecular weight excluding hydrogens is 308 g/mol. The minimum atomic E-state index is -0.851. The molecule has 2 fully saturated rings. The topological polar surface area (TPSA) is 105 Å². The highest BCUT2D eigenvalue weighted by atomic mass is 16.2. The van der Waals surface area contributed by atoms with Gasteiger partial charge in [0.25, 0.3) is 5.91 Å². The summed E-state index contributed by atoms with van der Waals surface area (Å²) in [5.74, 6) is -0.249. The number of nitrogens with two attached hydrogens (primary N) is 1. The first-order chi connectivity index (χ1) is 11.1. The maximum absolute atomic E-state index is 12.7. The third-order valence-electron chi connectivity index (χ3n) is 5.15. The van der Waals surface area contributed by atoms with Gasteiger partial charge in [-0.15, -0.1) is 0 Å². The Kier molecular flexibility index (Phi) is 5.22. The van der Waals surface area contributed by atoms with Crippen molar-refractivity contribution in [3.05, 3.63) is 0 Å². The van der Waals surface area contributed by atoms with E-state index in [1.165, 1.54) is 0 Å². The van der Waals surface area contributed by atoms with Crippen molar-refractivity contribution in [3.8, 4) is 0 Å². The smallest absolute Gasteiger partial charge is 0.325 e. The third-order valence-corrected chi connectivity index (χ3v) is 5.15. The zero-order valence-corrected chi connectivity index (χ0v) is 15.1. The fraction of sp³-hybridized carbons (Fsp3) is 0.824.